The quantitative estimate of drug-likeness (QED) is 0.681. The van der Waals surface area contributed by atoms with Crippen LogP contribution in [0.4, 0.5) is 4.39 Å². The van der Waals surface area contributed by atoms with Gasteiger partial charge in [-0.3, -0.25) is 9.98 Å². The Kier molecular flexibility index (Phi) is 5.89. The van der Waals surface area contributed by atoms with Gasteiger partial charge in [0.15, 0.2) is 5.96 Å². The first-order valence-electron chi connectivity index (χ1n) is 7.25. The van der Waals surface area contributed by atoms with Crippen LogP contribution < -0.4 is 5.32 Å². The molecule has 0 atom stereocenters. The predicted molar refractivity (Wildman–Crippen MR) is 87.2 cm³/mol. The van der Waals surface area contributed by atoms with Crippen LogP contribution in [0.5, 0.6) is 0 Å². The zero-order valence-corrected chi connectivity index (χ0v) is 13.0. The number of nitrogens with one attached hydrogen (secondary N) is 1. The second-order valence-electron chi connectivity index (χ2n) is 5.03. The van der Waals surface area contributed by atoms with E-state index in [-0.39, 0.29) is 5.82 Å². The van der Waals surface area contributed by atoms with Crippen molar-refractivity contribution in [1.82, 2.24) is 15.2 Å². The van der Waals surface area contributed by atoms with Gasteiger partial charge in [0.2, 0.25) is 0 Å². The molecular formula is C17H21FN4. The Hall–Kier alpha value is -2.43. The SMILES string of the molecule is CN=C(NCCc1ccccn1)N(C)Cc1ccc(F)cc1. The van der Waals surface area contributed by atoms with Gasteiger partial charge in [-0.05, 0) is 29.8 Å². The third-order valence-corrected chi connectivity index (χ3v) is 3.30. The maximum Gasteiger partial charge on any atom is 0.193 e. The first-order chi connectivity index (χ1) is 10.7. The minimum atomic E-state index is -0.218. The van der Waals surface area contributed by atoms with Crippen LogP contribution in [0.15, 0.2) is 53.7 Å². The lowest BCUT2D eigenvalue weighted by Crippen LogP contribution is -2.39. The molecule has 0 spiro atoms. The van der Waals surface area contributed by atoms with E-state index >= 15 is 0 Å². The fraction of sp³-hybridized carbons (Fsp3) is 0.294. The number of guanidine groups is 1. The van der Waals surface area contributed by atoms with Gasteiger partial charge in [-0.25, -0.2) is 4.39 Å². The van der Waals surface area contributed by atoms with Crippen LogP contribution in [-0.2, 0) is 13.0 Å². The van der Waals surface area contributed by atoms with Gasteiger partial charge in [0.1, 0.15) is 5.82 Å². The van der Waals surface area contributed by atoms with Gasteiger partial charge in [0.25, 0.3) is 0 Å². The minimum Gasteiger partial charge on any atom is -0.356 e. The van der Waals surface area contributed by atoms with Gasteiger partial charge >= 0.3 is 0 Å². The van der Waals surface area contributed by atoms with Crippen LogP contribution >= 0.6 is 0 Å². The van der Waals surface area contributed by atoms with Gasteiger partial charge in [-0.2, -0.15) is 0 Å². The third-order valence-electron chi connectivity index (χ3n) is 3.30. The fourth-order valence-electron chi connectivity index (χ4n) is 2.17. The maximum atomic E-state index is 12.9. The average molecular weight is 300 g/mol. The van der Waals surface area contributed by atoms with Crippen molar-refractivity contribution >= 4 is 5.96 Å². The lowest BCUT2D eigenvalue weighted by Gasteiger charge is -2.22. The topological polar surface area (TPSA) is 40.5 Å². The van der Waals surface area contributed by atoms with Crippen molar-refractivity contribution in [1.29, 1.82) is 0 Å². The van der Waals surface area contributed by atoms with Crippen molar-refractivity contribution in [3.63, 3.8) is 0 Å². The highest BCUT2D eigenvalue weighted by Crippen LogP contribution is 2.05. The highest BCUT2D eigenvalue weighted by molar-refractivity contribution is 5.79. The van der Waals surface area contributed by atoms with Crippen LogP contribution in [-0.4, -0.2) is 36.5 Å². The van der Waals surface area contributed by atoms with E-state index in [9.17, 15) is 4.39 Å². The highest BCUT2D eigenvalue weighted by Gasteiger charge is 2.06. The largest absolute Gasteiger partial charge is 0.356 e. The molecular weight excluding hydrogens is 279 g/mol. The van der Waals surface area contributed by atoms with Crippen molar-refractivity contribution < 1.29 is 4.39 Å². The molecule has 0 aliphatic heterocycles. The zero-order chi connectivity index (χ0) is 15.8. The number of aliphatic imine (C=N–C) groups is 1. The van der Waals surface area contributed by atoms with E-state index < -0.39 is 0 Å². The molecule has 0 saturated carbocycles. The predicted octanol–water partition coefficient (Wildman–Crippen LogP) is 2.47. The second kappa shape index (κ2) is 8.12. The summed E-state index contributed by atoms with van der Waals surface area (Å²) in [6.45, 7) is 1.43. The number of benzene rings is 1. The molecule has 0 saturated heterocycles. The third kappa shape index (κ3) is 4.84. The van der Waals surface area contributed by atoms with Crippen molar-refractivity contribution in [3.8, 4) is 0 Å². The smallest absolute Gasteiger partial charge is 0.193 e. The lowest BCUT2D eigenvalue weighted by atomic mass is 10.2. The van der Waals surface area contributed by atoms with Gasteiger partial charge in [0.05, 0.1) is 0 Å². The molecule has 0 fully saturated rings. The molecule has 2 aromatic rings. The lowest BCUT2D eigenvalue weighted by molar-refractivity contribution is 0.476. The minimum absolute atomic E-state index is 0.218. The van der Waals surface area contributed by atoms with Crippen molar-refractivity contribution in [3.05, 3.63) is 65.7 Å². The van der Waals surface area contributed by atoms with Crippen LogP contribution in [0, 0.1) is 5.82 Å². The number of pyridine rings is 1. The summed E-state index contributed by atoms with van der Waals surface area (Å²) >= 11 is 0. The maximum absolute atomic E-state index is 12.9. The van der Waals surface area contributed by atoms with E-state index in [0.717, 1.165) is 30.2 Å². The van der Waals surface area contributed by atoms with Crippen LogP contribution in [0.2, 0.25) is 0 Å². The molecule has 0 radical (unpaired) electrons. The number of hydrogen-bond acceptors (Lipinski definition) is 2. The molecule has 0 aliphatic carbocycles. The molecule has 4 nitrogen and oxygen atoms in total. The fourth-order valence-corrected chi connectivity index (χ4v) is 2.17. The Labute approximate surface area is 130 Å². The van der Waals surface area contributed by atoms with Gasteiger partial charge in [-0.1, -0.05) is 18.2 Å². The standard InChI is InChI=1S/C17H21FN4/c1-19-17(21-12-10-16-5-3-4-11-20-16)22(2)13-14-6-8-15(18)9-7-14/h3-9,11H,10,12-13H2,1-2H3,(H,19,21). The molecule has 1 aromatic carbocycles. The van der Waals surface area contributed by atoms with Crippen molar-refractivity contribution in [2.45, 2.75) is 13.0 Å². The molecule has 0 bridgehead atoms. The van der Waals surface area contributed by atoms with Crippen molar-refractivity contribution in [2.75, 3.05) is 20.6 Å². The summed E-state index contributed by atoms with van der Waals surface area (Å²) in [6.07, 6.45) is 2.63. The summed E-state index contributed by atoms with van der Waals surface area (Å²) in [4.78, 5) is 10.6. The summed E-state index contributed by atoms with van der Waals surface area (Å²) in [5.41, 5.74) is 2.09. The Balaban J connectivity index is 1.84. The van der Waals surface area contributed by atoms with E-state index in [1.807, 2.05) is 30.1 Å². The zero-order valence-electron chi connectivity index (χ0n) is 13.0. The van der Waals surface area contributed by atoms with Crippen LogP contribution in [0.3, 0.4) is 0 Å². The monoisotopic (exact) mass is 300 g/mol. The summed E-state index contributed by atoms with van der Waals surface area (Å²) < 4.78 is 12.9. The first kappa shape index (κ1) is 15.9. The number of hydrogen-bond donors (Lipinski definition) is 1. The van der Waals surface area contributed by atoms with Crippen molar-refractivity contribution in [2.24, 2.45) is 4.99 Å². The van der Waals surface area contributed by atoms with E-state index in [0.29, 0.717) is 6.54 Å². The average Bonchev–Trinajstić information content (AvgIpc) is 2.54. The first-order valence-corrected chi connectivity index (χ1v) is 7.25. The van der Waals surface area contributed by atoms with E-state index in [4.69, 9.17) is 0 Å². The summed E-state index contributed by atoms with van der Waals surface area (Å²) in [7, 11) is 3.71. The molecule has 1 N–H and O–H groups in total. The second-order valence-corrected chi connectivity index (χ2v) is 5.03. The van der Waals surface area contributed by atoms with E-state index in [1.165, 1.54) is 12.1 Å². The van der Waals surface area contributed by atoms with Gasteiger partial charge in [0, 0.05) is 45.5 Å². The molecule has 1 heterocycles. The normalized spacial score (nSPS) is 11.3. The number of nitrogens with zero attached hydrogens (tertiary/aromatic N) is 3. The highest BCUT2D eigenvalue weighted by atomic mass is 19.1. The Morgan fingerprint density at radius 2 is 2.00 bits per heavy atom. The molecule has 1 aromatic heterocycles. The van der Waals surface area contributed by atoms with E-state index in [1.54, 1.807) is 25.4 Å². The molecule has 0 aliphatic rings. The Bertz CT molecular complexity index is 596. The summed E-state index contributed by atoms with van der Waals surface area (Å²) in [5, 5.41) is 3.31. The Morgan fingerprint density at radius 1 is 1.23 bits per heavy atom. The Morgan fingerprint density at radius 3 is 2.64 bits per heavy atom. The summed E-state index contributed by atoms with van der Waals surface area (Å²) in [6, 6.07) is 12.4. The summed E-state index contributed by atoms with van der Waals surface area (Å²) in [5.74, 6) is 0.588. The molecule has 116 valence electrons. The van der Waals surface area contributed by atoms with Gasteiger partial charge in [-0.15, -0.1) is 0 Å². The van der Waals surface area contributed by atoms with Gasteiger partial charge < -0.3 is 10.2 Å². The molecule has 0 amide bonds. The van der Waals surface area contributed by atoms with Crippen LogP contribution in [0.1, 0.15) is 11.3 Å². The van der Waals surface area contributed by atoms with Crippen LogP contribution in [0.25, 0.3) is 0 Å². The number of aromatic nitrogens is 1. The number of halogens is 1. The molecule has 5 heteroatoms. The molecule has 22 heavy (non-hydrogen) atoms. The number of rotatable bonds is 5. The molecule has 2 rings (SSSR count). The van der Waals surface area contributed by atoms with E-state index in [2.05, 4.69) is 15.3 Å². The molecule has 0 unspecified atom stereocenters.